The molecule has 106 valence electrons. The van der Waals surface area contributed by atoms with Gasteiger partial charge >= 0.3 is 0 Å². The van der Waals surface area contributed by atoms with E-state index in [0.717, 1.165) is 18.4 Å². The molecule has 2 aromatic carbocycles. The van der Waals surface area contributed by atoms with Gasteiger partial charge in [0.15, 0.2) is 11.6 Å². The van der Waals surface area contributed by atoms with Crippen molar-refractivity contribution in [3.8, 4) is 5.75 Å². The van der Waals surface area contributed by atoms with Crippen LogP contribution in [-0.2, 0) is 6.42 Å². The van der Waals surface area contributed by atoms with Crippen LogP contribution in [0.1, 0.15) is 23.6 Å². The van der Waals surface area contributed by atoms with Crippen LogP contribution >= 0.6 is 0 Å². The summed E-state index contributed by atoms with van der Waals surface area (Å²) in [6.07, 6.45) is 1.88. The van der Waals surface area contributed by atoms with Crippen molar-refractivity contribution >= 4 is 0 Å². The number of aryl methyl sites for hydroxylation is 1. The van der Waals surface area contributed by atoms with Gasteiger partial charge in [0.1, 0.15) is 0 Å². The number of ether oxygens (including phenoxy) is 1. The summed E-state index contributed by atoms with van der Waals surface area (Å²) in [5.41, 5.74) is 2.24. The zero-order chi connectivity index (χ0) is 14.4. The van der Waals surface area contributed by atoms with Crippen molar-refractivity contribution in [3.05, 3.63) is 65.5 Å². The molecule has 1 atom stereocenters. The van der Waals surface area contributed by atoms with Crippen molar-refractivity contribution in [2.24, 2.45) is 0 Å². The lowest BCUT2D eigenvalue weighted by Crippen LogP contribution is -2.17. The zero-order valence-electron chi connectivity index (χ0n) is 11.9. The Labute approximate surface area is 119 Å². The van der Waals surface area contributed by atoms with E-state index >= 15 is 0 Å². The maximum absolute atomic E-state index is 13.8. The van der Waals surface area contributed by atoms with Crippen LogP contribution in [0.15, 0.2) is 48.5 Å². The van der Waals surface area contributed by atoms with E-state index in [1.165, 1.54) is 12.7 Å². The highest BCUT2D eigenvalue weighted by Gasteiger charge is 2.12. The number of rotatable bonds is 6. The van der Waals surface area contributed by atoms with Crippen LogP contribution in [0.25, 0.3) is 0 Å². The predicted molar refractivity (Wildman–Crippen MR) is 79.5 cm³/mol. The minimum Gasteiger partial charge on any atom is -0.494 e. The predicted octanol–water partition coefficient (Wildman–Crippen LogP) is 3.73. The first-order valence-corrected chi connectivity index (χ1v) is 6.79. The maximum atomic E-state index is 13.8. The number of hydrogen-bond acceptors (Lipinski definition) is 2. The van der Waals surface area contributed by atoms with Crippen molar-refractivity contribution in [1.29, 1.82) is 0 Å². The summed E-state index contributed by atoms with van der Waals surface area (Å²) in [5, 5.41) is 3.25. The second-order valence-corrected chi connectivity index (χ2v) is 4.76. The van der Waals surface area contributed by atoms with E-state index in [1.807, 2.05) is 31.3 Å². The molecule has 0 amide bonds. The molecule has 2 aromatic rings. The molecular weight excluding hydrogens is 253 g/mol. The topological polar surface area (TPSA) is 21.3 Å². The van der Waals surface area contributed by atoms with Crippen LogP contribution in [0.5, 0.6) is 5.75 Å². The molecule has 0 aromatic heterocycles. The normalized spacial score (nSPS) is 12.2. The van der Waals surface area contributed by atoms with Crippen LogP contribution in [-0.4, -0.2) is 14.2 Å². The lowest BCUT2D eigenvalue weighted by atomic mass is 9.99. The van der Waals surface area contributed by atoms with Gasteiger partial charge in [0.25, 0.3) is 0 Å². The first kappa shape index (κ1) is 14.5. The molecule has 0 aliphatic heterocycles. The van der Waals surface area contributed by atoms with Crippen molar-refractivity contribution in [2.45, 2.75) is 18.9 Å². The molecule has 0 fully saturated rings. The van der Waals surface area contributed by atoms with Gasteiger partial charge in [0.05, 0.1) is 7.11 Å². The van der Waals surface area contributed by atoms with Crippen molar-refractivity contribution in [3.63, 3.8) is 0 Å². The van der Waals surface area contributed by atoms with Crippen LogP contribution in [0, 0.1) is 5.82 Å². The molecule has 0 aliphatic carbocycles. The molecule has 0 aliphatic rings. The van der Waals surface area contributed by atoms with Gasteiger partial charge in [0, 0.05) is 6.04 Å². The highest BCUT2D eigenvalue weighted by Crippen LogP contribution is 2.24. The molecule has 0 saturated carbocycles. The molecule has 0 spiro atoms. The van der Waals surface area contributed by atoms with E-state index in [2.05, 4.69) is 17.4 Å². The molecule has 3 heteroatoms. The third kappa shape index (κ3) is 3.58. The van der Waals surface area contributed by atoms with Crippen LogP contribution < -0.4 is 10.1 Å². The number of methoxy groups -OCH3 is 1. The molecule has 0 bridgehead atoms. The maximum Gasteiger partial charge on any atom is 0.165 e. The summed E-state index contributed by atoms with van der Waals surface area (Å²) in [7, 11) is 3.38. The van der Waals surface area contributed by atoms with Gasteiger partial charge in [0.2, 0.25) is 0 Å². The minimum atomic E-state index is -0.315. The Bertz CT molecular complexity index is 542. The number of benzene rings is 2. The Morgan fingerprint density at radius 1 is 1.15 bits per heavy atom. The van der Waals surface area contributed by atoms with E-state index in [1.54, 1.807) is 12.1 Å². The smallest absolute Gasteiger partial charge is 0.165 e. The van der Waals surface area contributed by atoms with E-state index in [9.17, 15) is 4.39 Å². The summed E-state index contributed by atoms with van der Waals surface area (Å²) in [5.74, 6) is -0.0309. The summed E-state index contributed by atoms with van der Waals surface area (Å²) in [4.78, 5) is 0. The monoisotopic (exact) mass is 273 g/mol. The van der Waals surface area contributed by atoms with E-state index < -0.39 is 0 Å². The van der Waals surface area contributed by atoms with Gasteiger partial charge < -0.3 is 10.1 Å². The molecular formula is C17H20FNO. The first-order chi connectivity index (χ1) is 9.74. The number of hydrogen-bond donors (Lipinski definition) is 1. The third-order valence-electron chi connectivity index (χ3n) is 3.49. The standard InChI is InChI=1S/C17H20FNO/c1-19-16(10-8-13-6-4-3-5-7-13)14-9-11-17(20-2)15(18)12-14/h3-7,9,11-12,16,19H,8,10H2,1-2H3. The fourth-order valence-corrected chi connectivity index (χ4v) is 2.33. The third-order valence-corrected chi connectivity index (χ3v) is 3.49. The van der Waals surface area contributed by atoms with E-state index in [0.29, 0.717) is 0 Å². The van der Waals surface area contributed by atoms with Gasteiger partial charge in [-0.1, -0.05) is 36.4 Å². The highest BCUT2D eigenvalue weighted by molar-refractivity contribution is 5.31. The summed E-state index contributed by atoms with van der Waals surface area (Å²) in [6, 6.07) is 15.6. The van der Waals surface area contributed by atoms with Gasteiger partial charge in [-0.05, 0) is 43.1 Å². The second kappa shape index (κ2) is 7.06. The largest absolute Gasteiger partial charge is 0.494 e. The van der Waals surface area contributed by atoms with E-state index in [-0.39, 0.29) is 17.6 Å². The van der Waals surface area contributed by atoms with Crippen LogP contribution in [0.3, 0.4) is 0 Å². The molecule has 0 saturated heterocycles. The lowest BCUT2D eigenvalue weighted by Gasteiger charge is -2.17. The number of nitrogens with one attached hydrogen (secondary N) is 1. The first-order valence-electron chi connectivity index (χ1n) is 6.79. The van der Waals surface area contributed by atoms with Crippen molar-refractivity contribution in [2.75, 3.05) is 14.2 Å². The average molecular weight is 273 g/mol. The molecule has 1 N–H and O–H groups in total. The molecule has 0 radical (unpaired) electrons. The van der Waals surface area contributed by atoms with Gasteiger partial charge in [-0.3, -0.25) is 0 Å². The molecule has 2 rings (SSSR count). The van der Waals surface area contributed by atoms with Gasteiger partial charge in [-0.15, -0.1) is 0 Å². The molecule has 20 heavy (non-hydrogen) atoms. The average Bonchev–Trinajstić information content (AvgIpc) is 2.49. The van der Waals surface area contributed by atoms with Crippen LogP contribution in [0.2, 0.25) is 0 Å². The Kier molecular flexibility index (Phi) is 5.13. The zero-order valence-corrected chi connectivity index (χ0v) is 11.9. The fourth-order valence-electron chi connectivity index (χ4n) is 2.33. The fraction of sp³-hybridized carbons (Fsp3) is 0.294. The van der Waals surface area contributed by atoms with Crippen molar-refractivity contribution < 1.29 is 9.13 Å². The summed E-state index contributed by atoms with van der Waals surface area (Å²) < 4.78 is 18.7. The minimum absolute atomic E-state index is 0.135. The summed E-state index contributed by atoms with van der Waals surface area (Å²) >= 11 is 0. The Hall–Kier alpha value is -1.87. The molecule has 2 nitrogen and oxygen atoms in total. The Balaban J connectivity index is 2.06. The van der Waals surface area contributed by atoms with Gasteiger partial charge in [-0.2, -0.15) is 0 Å². The van der Waals surface area contributed by atoms with Gasteiger partial charge in [-0.25, -0.2) is 4.39 Å². The summed E-state index contributed by atoms with van der Waals surface area (Å²) in [6.45, 7) is 0. The SMILES string of the molecule is CNC(CCc1ccccc1)c1ccc(OC)c(F)c1. The Morgan fingerprint density at radius 3 is 2.50 bits per heavy atom. The molecule has 1 unspecified atom stereocenters. The molecule has 0 heterocycles. The number of halogens is 1. The Morgan fingerprint density at radius 2 is 1.90 bits per heavy atom. The highest BCUT2D eigenvalue weighted by atomic mass is 19.1. The lowest BCUT2D eigenvalue weighted by molar-refractivity contribution is 0.385. The quantitative estimate of drug-likeness (QED) is 0.866. The second-order valence-electron chi connectivity index (χ2n) is 4.76. The van der Waals surface area contributed by atoms with Crippen LogP contribution in [0.4, 0.5) is 4.39 Å². The van der Waals surface area contributed by atoms with Crippen molar-refractivity contribution in [1.82, 2.24) is 5.32 Å². The van der Waals surface area contributed by atoms with E-state index in [4.69, 9.17) is 4.74 Å².